The fourth-order valence-corrected chi connectivity index (χ4v) is 8.28. The van der Waals surface area contributed by atoms with Crippen molar-refractivity contribution in [3.05, 3.63) is 34.9 Å². The van der Waals surface area contributed by atoms with Crippen LogP contribution in [0, 0.1) is 0 Å². The van der Waals surface area contributed by atoms with Gasteiger partial charge < -0.3 is 5.32 Å². The highest BCUT2D eigenvalue weighted by atomic mass is 32.2. The second kappa shape index (κ2) is 7.71. The van der Waals surface area contributed by atoms with E-state index in [1.165, 1.54) is 0 Å². The topological polar surface area (TPSA) is 133 Å². The van der Waals surface area contributed by atoms with Gasteiger partial charge in [0.25, 0.3) is 11.8 Å². The Balaban J connectivity index is 1.41. The predicted molar refractivity (Wildman–Crippen MR) is 117 cm³/mol. The van der Waals surface area contributed by atoms with Gasteiger partial charge in [-0.15, -0.1) is 0 Å². The lowest BCUT2D eigenvalue weighted by atomic mass is 9.87. The lowest BCUT2D eigenvalue weighted by Gasteiger charge is -2.54. The molecule has 0 radical (unpaired) electrons. The Bertz CT molecular complexity index is 1170. The maximum Gasteiger partial charge on any atom is 0.262 e. The molecule has 1 aromatic rings. The van der Waals surface area contributed by atoms with Crippen LogP contribution in [0.25, 0.3) is 0 Å². The normalized spacial score (nSPS) is 28.1. The number of amides is 4. The van der Waals surface area contributed by atoms with E-state index in [1.807, 2.05) is 11.9 Å². The molecule has 0 saturated carbocycles. The van der Waals surface area contributed by atoms with Gasteiger partial charge in [-0.3, -0.25) is 34.3 Å². The van der Waals surface area contributed by atoms with Gasteiger partial charge in [0, 0.05) is 19.0 Å². The predicted octanol–water partition coefficient (Wildman–Crippen LogP) is -0.561. The van der Waals surface area contributed by atoms with Crippen molar-refractivity contribution < 1.29 is 27.6 Å². The number of piperidine rings is 2. The van der Waals surface area contributed by atoms with Gasteiger partial charge in [-0.2, -0.15) is 0 Å². The number of sulfone groups is 1. The van der Waals surface area contributed by atoms with Crippen LogP contribution >= 0.6 is 0 Å². The molecule has 176 valence electrons. The van der Waals surface area contributed by atoms with E-state index in [-0.39, 0.29) is 35.8 Å². The highest BCUT2D eigenvalue weighted by Crippen LogP contribution is 2.44. The SMILES string of the molecule is CN(Cc1cccc2c1C(=O)N(C1CCC(=O)NC1=O)C2=O)C1CS(=O)(=O)C12CCNCC2. The molecule has 3 fully saturated rings. The number of hydrogen-bond acceptors (Lipinski definition) is 8. The first-order valence-electron chi connectivity index (χ1n) is 11.1. The van der Waals surface area contributed by atoms with Crippen molar-refractivity contribution in [2.75, 3.05) is 25.9 Å². The smallest absolute Gasteiger partial charge is 0.262 e. The molecule has 1 aromatic carbocycles. The standard InChI is InChI=1S/C22H26N4O6S/c1-25(16-12-33(31,32)22(16)7-9-23-10-8-22)11-13-3-2-4-14-18(13)21(30)26(20(14)29)15-5-6-17(27)24-19(15)28/h2-4,15-16,23H,5-12H2,1H3,(H,24,27,28). The van der Waals surface area contributed by atoms with Gasteiger partial charge in [-0.25, -0.2) is 8.42 Å². The van der Waals surface area contributed by atoms with Crippen molar-refractivity contribution in [2.45, 2.75) is 49.1 Å². The summed E-state index contributed by atoms with van der Waals surface area (Å²) in [5.41, 5.74) is 1.10. The van der Waals surface area contributed by atoms with Gasteiger partial charge in [-0.1, -0.05) is 12.1 Å². The average Bonchev–Trinajstić information content (AvgIpc) is 3.04. The second-order valence-electron chi connectivity index (χ2n) is 9.31. The third kappa shape index (κ3) is 3.24. The van der Waals surface area contributed by atoms with Gasteiger partial charge in [0.15, 0.2) is 9.84 Å². The molecule has 3 saturated heterocycles. The number of benzene rings is 1. The maximum absolute atomic E-state index is 13.3. The molecule has 4 amide bonds. The molecule has 1 spiro atoms. The van der Waals surface area contributed by atoms with E-state index in [9.17, 15) is 27.6 Å². The van der Waals surface area contributed by atoms with Gasteiger partial charge in [0.1, 0.15) is 6.04 Å². The zero-order chi connectivity index (χ0) is 23.5. The van der Waals surface area contributed by atoms with Crippen LogP contribution in [0.3, 0.4) is 0 Å². The number of nitrogens with zero attached hydrogens (tertiary/aromatic N) is 2. The van der Waals surface area contributed by atoms with E-state index in [1.54, 1.807) is 18.2 Å². The van der Waals surface area contributed by atoms with Crippen LogP contribution in [-0.4, -0.2) is 84.6 Å². The second-order valence-corrected chi connectivity index (χ2v) is 11.7. The largest absolute Gasteiger partial charge is 0.317 e. The molecule has 2 unspecified atom stereocenters. The summed E-state index contributed by atoms with van der Waals surface area (Å²) in [4.78, 5) is 53.1. The molecule has 10 nitrogen and oxygen atoms in total. The van der Waals surface area contributed by atoms with E-state index < -0.39 is 44.3 Å². The van der Waals surface area contributed by atoms with Gasteiger partial charge >= 0.3 is 0 Å². The van der Waals surface area contributed by atoms with Crippen LogP contribution in [0.4, 0.5) is 0 Å². The van der Waals surface area contributed by atoms with Crippen LogP contribution in [0.5, 0.6) is 0 Å². The minimum Gasteiger partial charge on any atom is -0.317 e. The number of hydrogen-bond donors (Lipinski definition) is 2. The van der Waals surface area contributed by atoms with Gasteiger partial charge in [0.2, 0.25) is 11.8 Å². The van der Waals surface area contributed by atoms with Crippen LogP contribution in [0.2, 0.25) is 0 Å². The molecule has 4 heterocycles. The van der Waals surface area contributed by atoms with Crippen molar-refractivity contribution in [3.63, 3.8) is 0 Å². The lowest BCUT2D eigenvalue weighted by molar-refractivity contribution is -0.136. The molecule has 4 aliphatic heterocycles. The summed E-state index contributed by atoms with van der Waals surface area (Å²) in [5, 5.41) is 5.42. The molecule has 0 aliphatic carbocycles. The molecule has 0 aromatic heterocycles. The molecule has 5 rings (SSSR count). The summed E-state index contributed by atoms with van der Waals surface area (Å²) in [6, 6.07) is 3.83. The molecule has 33 heavy (non-hydrogen) atoms. The van der Waals surface area contributed by atoms with Crippen LogP contribution in [0.1, 0.15) is 52.0 Å². The highest BCUT2D eigenvalue weighted by molar-refractivity contribution is 7.94. The van der Waals surface area contributed by atoms with E-state index in [2.05, 4.69) is 10.6 Å². The maximum atomic E-state index is 13.3. The fraction of sp³-hybridized carbons (Fsp3) is 0.545. The third-order valence-corrected chi connectivity index (χ3v) is 10.2. The Morgan fingerprint density at radius 2 is 1.85 bits per heavy atom. The number of rotatable bonds is 4. The Labute approximate surface area is 191 Å². The molecule has 4 aliphatic rings. The Morgan fingerprint density at radius 3 is 2.52 bits per heavy atom. The number of nitrogens with one attached hydrogen (secondary N) is 2. The van der Waals surface area contributed by atoms with Gasteiger partial charge in [-0.05, 0) is 51.0 Å². The summed E-state index contributed by atoms with van der Waals surface area (Å²) in [5.74, 6) is -2.08. The van der Waals surface area contributed by atoms with Crippen LogP contribution in [-0.2, 0) is 26.0 Å². The molecule has 2 N–H and O–H groups in total. The van der Waals surface area contributed by atoms with E-state index in [0.717, 1.165) is 4.90 Å². The van der Waals surface area contributed by atoms with Gasteiger partial charge in [0.05, 0.1) is 21.6 Å². The highest BCUT2D eigenvalue weighted by Gasteiger charge is 2.61. The van der Waals surface area contributed by atoms with Crippen molar-refractivity contribution in [3.8, 4) is 0 Å². The Hall–Kier alpha value is -2.63. The van der Waals surface area contributed by atoms with Crippen molar-refractivity contribution in [1.82, 2.24) is 20.4 Å². The van der Waals surface area contributed by atoms with Crippen LogP contribution < -0.4 is 10.6 Å². The Kier molecular flexibility index (Phi) is 5.18. The molecular weight excluding hydrogens is 448 g/mol. The zero-order valence-electron chi connectivity index (χ0n) is 18.3. The van der Waals surface area contributed by atoms with E-state index >= 15 is 0 Å². The summed E-state index contributed by atoms with van der Waals surface area (Å²) in [6.07, 6.45) is 1.27. The number of carbonyl (C=O) groups excluding carboxylic acids is 4. The minimum absolute atomic E-state index is 0.0620. The first kappa shape index (κ1) is 22.2. The molecule has 11 heteroatoms. The summed E-state index contributed by atoms with van der Waals surface area (Å²) < 4.78 is 24.6. The van der Waals surface area contributed by atoms with Crippen molar-refractivity contribution in [1.29, 1.82) is 0 Å². The Morgan fingerprint density at radius 1 is 1.12 bits per heavy atom. The van der Waals surface area contributed by atoms with Crippen molar-refractivity contribution >= 4 is 33.5 Å². The minimum atomic E-state index is -3.18. The first-order chi connectivity index (χ1) is 15.7. The molecule has 2 atom stereocenters. The average molecular weight is 475 g/mol. The number of carbonyl (C=O) groups is 4. The monoisotopic (exact) mass is 474 g/mol. The first-order valence-corrected chi connectivity index (χ1v) is 12.8. The van der Waals surface area contributed by atoms with E-state index in [0.29, 0.717) is 38.0 Å². The quantitative estimate of drug-likeness (QED) is 0.555. The lowest BCUT2D eigenvalue weighted by Crippen LogP contribution is -2.71. The molecule has 0 bridgehead atoms. The summed E-state index contributed by atoms with van der Waals surface area (Å²) in [7, 11) is -1.33. The summed E-state index contributed by atoms with van der Waals surface area (Å²) >= 11 is 0. The number of imide groups is 2. The fourth-order valence-electron chi connectivity index (χ4n) is 5.75. The van der Waals surface area contributed by atoms with E-state index in [4.69, 9.17) is 0 Å². The molecular formula is C22H26N4O6S. The zero-order valence-corrected chi connectivity index (χ0v) is 19.1. The summed E-state index contributed by atoms with van der Waals surface area (Å²) in [6.45, 7) is 1.61. The van der Waals surface area contributed by atoms with Crippen LogP contribution in [0.15, 0.2) is 18.2 Å². The number of fused-ring (bicyclic) bond motifs is 1. The third-order valence-electron chi connectivity index (χ3n) is 7.56. The van der Waals surface area contributed by atoms with Crippen molar-refractivity contribution in [2.24, 2.45) is 0 Å².